The van der Waals surface area contributed by atoms with Crippen LogP contribution >= 0.6 is 0 Å². The Bertz CT molecular complexity index is 612. The van der Waals surface area contributed by atoms with E-state index in [1.54, 1.807) is 0 Å². The standard InChI is InChI=1S/C15H23FN2O2S/c1-3-15(4-2)7-8-18(11-15)21(19,20)14-9-13(16)6-5-12(14)10-17/h5-6,9H,3-4,7-8,10-11,17H2,1-2H3. The summed E-state index contributed by atoms with van der Waals surface area (Å²) in [7, 11) is -3.68. The lowest BCUT2D eigenvalue weighted by Gasteiger charge is -2.26. The third-order valence-corrected chi connectivity index (χ3v) is 6.70. The van der Waals surface area contributed by atoms with Crippen LogP contribution in [0.4, 0.5) is 4.39 Å². The molecule has 0 unspecified atom stereocenters. The van der Waals surface area contributed by atoms with E-state index in [9.17, 15) is 12.8 Å². The molecule has 118 valence electrons. The Kier molecular flexibility index (Phi) is 4.70. The van der Waals surface area contributed by atoms with Gasteiger partial charge in [-0.2, -0.15) is 4.31 Å². The average Bonchev–Trinajstić information content (AvgIpc) is 2.93. The fourth-order valence-corrected chi connectivity index (χ4v) is 4.80. The van der Waals surface area contributed by atoms with Crippen LogP contribution in [0, 0.1) is 11.2 Å². The highest BCUT2D eigenvalue weighted by Gasteiger charge is 2.41. The molecule has 1 heterocycles. The van der Waals surface area contributed by atoms with Gasteiger partial charge in [0.05, 0.1) is 4.90 Å². The molecular formula is C15H23FN2O2S. The van der Waals surface area contributed by atoms with Crippen molar-refractivity contribution >= 4 is 10.0 Å². The van der Waals surface area contributed by atoms with Crippen molar-refractivity contribution in [3.63, 3.8) is 0 Å². The Morgan fingerprint density at radius 1 is 1.33 bits per heavy atom. The SMILES string of the molecule is CCC1(CC)CCN(S(=O)(=O)c2cc(F)ccc2CN)C1. The van der Waals surface area contributed by atoms with Gasteiger partial charge in [0.15, 0.2) is 0 Å². The Morgan fingerprint density at radius 2 is 2.00 bits per heavy atom. The van der Waals surface area contributed by atoms with Gasteiger partial charge in [-0.05, 0) is 42.4 Å². The van der Waals surface area contributed by atoms with Gasteiger partial charge in [0.1, 0.15) is 5.82 Å². The van der Waals surface area contributed by atoms with Gasteiger partial charge in [-0.15, -0.1) is 0 Å². The molecule has 2 N–H and O–H groups in total. The maximum Gasteiger partial charge on any atom is 0.243 e. The van der Waals surface area contributed by atoms with Gasteiger partial charge in [-0.25, -0.2) is 12.8 Å². The third kappa shape index (κ3) is 2.98. The molecule has 1 aliphatic heterocycles. The highest BCUT2D eigenvalue weighted by molar-refractivity contribution is 7.89. The van der Waals surface area contributed by atoms with Crippen LogP contribution in [0.25, 0.3) is 0 Å². The molecule has 4 nitrogen and oxygen atoms in total. The molecule has 0 saturated carbocycles. The largest absolute Gasteiger partial charge is 0.326 e. The van der Waals surface area contributed by atoms with E-state index < -0.39 is 15.8 Å². The van der Waals surface area contributed by atoms with E-state index >= 15 is 0 Å². The summed E-state index contributed by atoms with van der Waals surface area (Å²) in [6.07, 6.45) is 2.75. The summed E-state index contributed by atoms with van der Waals surface area (Å²) < 4.78 is 40.5. The summed E-state index contributed by atoms with van der Waals surface area (Å²) in [5, 5.41) is 0. The van der Waals surface area contributed by atoms with E-state index in [0.29, 0.717) is 18.7 Å². The number of hydrogen-bond acceptors (Lipinski definition) is 3. The lowest BCUT2D eigenvalue weighted by atomic mass is 9.82. The zero-order valence-corrected chi connectivity index (χ0v) is 13.4. The van der Waals surface area contributed by atoms with Gasteiger partial charge in [0.25, 0.3) is 0 Å². The van der Waals surface area contributed by atoms with Crippen molar-refractivity contribution in [3.8, 4) is 0 Å². The van der Waals surface area contributed by atoms with Crippen LogP contribution in [0.2, 0.25) is 0 Å². The molecule has 2 rings (SSSR count). The van der Waals surface area contributed by atoms with Crippen molar-refractivity contribution in [1.82, 2.24) is 4.31 Å². The van der Waals surface area contributed by atoms with Crippen LogP contribution in [-0.2, 0) is 16.6 Å². The number of halogens is 1. The van der Waals surface area contributed by atoms with Crippen molar-refractivity contribution in [2.24, 2.45) is 11.1 Å². The predicted octanol–water partition coefficient (Wildman–Crippen LogP) is 2.49. The summed E-state index contributed by atoms with van der Waals surface area (Å²) in [6.45, 7) is 5.25. The van der Waals surface area contributed by atoms with Crippen LogP contribution in [0.15, 0.2) is 23.1 Å². The number of nitrogens with two attached hydrogens (primary N) is 1. The first kappa shape index (κ1) is 16.4. The first-order valence-corrected chi connectivity index (χ1v) is 8.81. The van der Waals surface area contributed by atoms with E-state index in [0.717, 1.165) is 25.3 Å². The van der Waals surface area contributed by atoms with Crippen molar-refractivity contribution in [2.45, 2.75) is 44.6 Å². The second kappa shape index (κ2) is 6.02. The van der Waals surface area contributed by atoms with Crippen LogP contribution in [-0.4, -0.2) is 25.8 Å². The Hall–Kier alpha value is -0.980. The fraction of sp³-hybridized carbons (Fsp3) is 0.600. The van der Waals surface area contributed by atoms with Gasteiger partial charge in [0, 0.05) is 19.6 Å². The maximum absolute atomic E-state index is 13.5. The molecule has 1 aromatic carbocycles. The lowest BCUT2D eigenvalue weighted by Crippen LogP contribution is -2.32. The number of rotatable bonds is 5. The lowest BCUT2D eigenvalue weighted by molar-refractivity contribution is 0.279. The molecule has 1 fully saturated rings. The summed E-state index contributed by atoms with van der Waals surface area (Å²) in [5.74, 6) is -0.554. The minimum Gasteiger partial charge on any atom is -0.326 e. The molecule has 0 aliphatic carbocycles. The Labute approximate surface area is 126 Å². The van der Waals surface area contributed by atoms with E-state index in [-0.39, 0.29) is 16.9 Å². The second-order valence-electron chi connectivity index (χ2n) is 5.75. The molecule has 0 radical (unpaired) electrons. The fourth-order valence-electron chi connectivity index (χ4n) is 3.00. The second-order valence-corrected chi connectivity index (χ2v) is 7.66. The molecule has 0 bridgehead atoms. The first-order valence-electron chi connectivity index (χ1n) is 7.37. The Morgan fingerprint density at radius 3 is 2.52 bits per heavy atom. The first-order chi connectivity index (χ1) is 9.88. The van der Waals surface area contributed by atoms with Crippen LogP contribution in [0.5, 0.6) is 0 Å². The van der Waals surface area contributed by atoms with E-state index in [2.05, 4.69) is 13.8 Å². The van der Waals surface area contributed by atoms with Gasteiger partial charge >= 0.3 is 0 Å². The summed E-state index contributed by atoms with van der Waals surface area (Å²) in [6, 6.07) is 3.77. The molecule has 6 heteroatoms. The van der Waals surface area contributed by atoms with Gasteiger partial charge in [0.2, 0.25) is 10.0 Å². The van der Waals surface area contributed by atoms with Crippen molar-refractivity contribution in [3.05, 3.63) is 29.6 Å². The zero-order chi connectivity index (χ0) is 15.7. The number of benzene rings is 1. The molecule has 0 spiro atoms. The summed E-state index contributed by atoms with van der Waals surface area (Å²) in [5.41, 5.74) is 6.10. The van der Waals surface area contributed by atoms with Crippen molar-refractivity contribution < 1.29 is 12.8 Å². The van der Waals surface area contributed by atoms with Crippen LogP contribution in [0.3, 0.4) is 0 Å². The minimum atomic E-state index is -3.68. The van der Waals surface area contributed by atoms with E-state index in [4.69, 9.17) is 5.73 Å². The van der Waals surface area contributed by atoms with Crippen molar-refractivity contribution in [2.75, 3.05) is 13.1 Å². The molecule has 0 amide bonds. The average molecular weight is 314 g/mol. The monoisotopic (exact) mass is 314 g/mol. The molecule has 21 heavy (non-hydrogen) atoms. The highest BCUT2D eigenvalue weighted by Crippen LogP contribution is 2.39. The summed E-state index contributed by atoms with van der Waals surface area (Å²) >= 11 is 0. The topological polar surface area (TPSA) is 63.4 Å². The molecule has 0 atom stereocenters. The molecule has 1 aliphatic rings. The van der Waals surface area contributed by atoms with Crippen LogP contribution in [0.1, 0.15) is 38.7 Å². The predicted molar refractivity (Wildman–Crippen MR) is 80.7 cm³/mol. The molecular weight excluding hydrogens is 291 g/mol. The molecule has 1 saturated heterocycles. The number of nitrogens with zero attached hydrogens (tertiary/aromatic N) is 1. The highest BCUT2D eigenvalue weighted by atomic mass is 32.2. The minimum absolute atomic E-state index is 0.00741. The quantitative estimate of drug-likeness (QED) is 0.908. The number of hydrogen-bond donors (Lipinski definition) is 1. The summed E-state index contributed by atoms with van der Waals surface area (Å²) in [4.78, 5) is 0.00741. The number of sulfonamides is 1. The molecule has 1 aromatic rings. The van der Waals surface area contributed by atoms with Gasteiger partial charge in [-0.3, -0.25) is 0 Å². The van der Waals surface area contributed by atoms with Crippen molar-refractivity contribution in [1.29, 1.82) is 0 Å². The van der Waals surface area contributed by atoms with Gasteiger partial charge in [-0.1, -0.05) is 19.9 Å². The molecule has 0 aromatic heterocycles. The smallest absolute Gasteiger partial charge is 0.243 e. The zero-order valence-electron chi connectivity index (χ0n) is 12.6. The van der Waals surface area contributed by atoms with Crippen LogP contribution < -0.4 is 5.73 Å². The third-order valence-electron chi connectivity index (χ3n) is 4.77. The maximum atomic E-state index is 13.5. The normalized spacial score (nSPS) is 19.0. The Balaban J connectivity index is 2.38. The van der Waals surface area contributed by atoms with E-state index in [1.807, 2.05) is 0 Å². The van der Waals surface area contributed by atoms with E-state index in [1.165, 1.54) is 16.4 Å². The van der Waals surface area contributed by atoms with Gasteiger partial charge < -0.3 is 5.73 Å².